The van der Waals surface area contributed by atoms with Crippen LogP contribution in [-0.2, 0) is 14.6 Å². The molecule has 8 nitrogen and oxygen atoms in total. The summed E-state index contributed by atoms with van der Waals surface area (Å²) in [6.45, 7) is 0.761. The van der Waals surface area contributed by atoms with Gasteiger partial charge in [-0.2, -0.15) is 4.98 Å². The van der Waals surface area contributed by atoms with Crippen molar-refractivity contribution in [2.45, 2.75) is 17.7 Å². The Morgan fingerprint density at radius 2 is 2.04 bits per heavy atom. The molecule has 2 N–H and O–H groups in total. The van der Waals surface area contributed by atoms with E-state index < -0.39 is 15.8 Å². The summed E-state index contributed by atoms with van der Waals surface area (Å²) in [6, 6.07) is 6.42. The number of carbonyl (C=O) groups is 1. The minimum atomic E-state index is -3.45. The van der Waals surface area contributed by atoms with E-state index >= 15 is 0 Å². The number of aromatic nitrogens is 2. The van der Waals surface area contributed by atoms with E-state index in [0.29, 0.717) is 17.6 Å². The molecule has 0 spiro atoms. The van der Waals surface area contributed by atoms with Crippen molar-refractivity contribution in [2.75, 3.05) is 30.5 Å². The SMILES string of the molecule is COC(=O)c1cnc(NCC2CC2)nc1Nc1ccccc1S(C)(=O)=O. The lowest BCUT2D eigenvalue weighted by molar-refractivity contribution is 0.0601. The highest BCUT2D eigenvalue weighted by atomic mass is 32.2. The molecule has 0 radical (unpaired) electrons. The lowest BCUT2D eigenvalue weighted by Gasteiger charge is -2.14. The lowest BCUT2D eigenvalue weighted by Crippen LogP contribution is -2.13. The first-order valence-corrected chi connectivity index (χ1v) is 10.0. The first-order valence-electron chi connectivity index (χ1n) is 8.14. The number of rotatable bonds is 7. The van der Waals surface area contributed by atoms with Crippen LogP contribution in [0.4, 0.5) is 17.5 Å². The highest BCUT2D eigenvalue weighted by molar-refractivity contribution is 7.90. The van der Waals surface area contributed by atoms with Gasteiger partial charge in [-0.1, -0.05) is 12.1 Å². The molecule has 0 unspecified atom stereocenters. The molecule has 1 heterocycles. The third-order valence-corrected chi connectivity index (χ3v) is 5.13. The number of nitrogens with one attached hydrogen (secondary N) is 2. The first-order chi connectivity index (χ1) is 12.4. The van der Waals surface area contributed by atoms with Gasteiger partial charge in [-0.15, -0.1) is 0 Å². The fraction of sp³-hybridized carbons (Fsp3) is 0.353. The van der Waals surface area contributed by atoms with Gasteiger partial charge in [-0.3, -0.25) is 0 Å². The summed E-state index contributed by atoms with van der Waals surface area (Å²) < 4.78 is 28.7. The van der Waals surface area contributed by atoms with Crippen molar-refractivity contribution in [3.05, 3.63) is 36.0 Å². The van der Waals surface area contributed by atoms with Crippen molar-refractivity contribution in [3.63, 3.8) is 0 Å². The van der Waals surface area contributed by atoms with Gasteiger partial charge in [0.2, 0.25) is 5.95 Å². The average Bonchev–Trinajstić information content (AvgIpc) is 3.43. The minimum absolute atomic E-state index is 0.113. The number of hydrogen-bond acceptors (Lipinski definition) is 8. The topological polar surface area (TPSA) is 110 Å². The van der Waals surface area contributed by atoms with Gasteiger partial charge in [-0.05, 0) is 30.9 Å². The van der Waals surface area contributed by atoms with Gasteiger partial charge in [0.15, 0.2) is 15.7 Å². The number of nitrogens with zero attached hydrogens (tertiary/aromatic N) is 2. The third-order valence-electron chi connectivity index (χ3n) is 3.98. The number of benzene rings is 1. The summed E-state index contributed by atoms with van der Waals surface area (Å²) in [5.74, 6) is 0.560. The quantitative estimate of drug-likeness (QED) is 0.708. The molecule has 1 aromatic carbocycles. The van der Waals surface area contributed by atoms with Crippen molar-refractivity contribution in [1.82, 2.24) is 9.97 Å². The monoisotopic (exact) mass is 376 g/mol. The van der Waals surface area contributed by atoms with Gasteiger partial charge in [0.05, 0.1) is 17.7 Å². The van der Waals surface area contributed by atoms with Crippen molar-refractivity contribution in [2.24, 2.45) is 5.92 Å². The molecule has 1 saturated carbocycles. The molecule has 0 aliphatic heterocycles. The zero-order valence-corrected chi connectivity index (χ0v) is 15.3. The molecule has 1 aliphatic carbocycles. The summed E-state index contributed by atoms with van der Waals surface area (Å²) in [5, 5.41) is 6.06. The molecular weight excluding hydrogens is 356 g/mol. The largest absolute Gasteiger partial charge is 0.465 e. The van der Waals surface area contributed by atoms with Gasteiger partial charge >= 0.3 is 5.97 Å². The van der Waals surface area contributed by atoms with Crippen molar-refractivity contribution in [1.29, 1.82) is 0 Å². The summed E-state index contributed by atoms with van der Waals surface area (Å²) in [5.41, 5.74) is 0.444. The average molecular weight is 376 g/mol. The van der Waals surface area contributed by atoms with Crippen LogP contribution in [0.25, 0.3) is 0 Å². The number of sulfone groups is 1. The van der Waals surface area contributed by atoms with Crippen LogP contribution in [0.1, 0.15) is 23.2 Å². The second-order valence-electron chi connectivity index (χ2n) is 6.17. The Kier molecular flexibility index (Phi) is 5.08. The fourth-order valence-electron chi connectivity index (χ4n) is 2.40. The van der Waals surface area contributed by atoms with E-state index in [-0.39, 0.29) is 16.3 Å². The molecular formula is C17H20N4O4S. The zero-order valence-electron chi connectivity index (χ0n) is 14.5. The van der Waals surface area contributed by atoms with Crippen molar-refractivity contribution in [3.8, 4) is 0 Å². The predicted molar refractivity (Wildman–Crippen MR) is 97.4 cm³/mol. The molecule has 26 heavy (non-hydrogen) atoms. The van der Waals surface area contributed by atoms with Crippen LogP contribution in [0, 0.1) is 5.92 Å². The highest BCUT2D eigenvalue weighted by Crippen LogP contribution is 2.29. The van der Waals surface area contributed by atoms with Gasteiger partial charge in [0.1, 0.15) is 5.56 Å². The van der Waals surface area contributed by atoms with E-state index in [1.165, 1.54) is 32.2 Å². The third kappa shape index (κ3) is 4.29. The Morgan fingerprint density at radius 3 is 2.69 bits per heavy atom. The highest BCUT2D eigenvalue weighted by Gasteiger charge is 2.22. The molecule has 1 aliphatic rings. The van der Waals surface area contributed by atoms with Crippen LogP contribution in [0.2, 0.25) is 0 Å². The van der Waals surface area contributed by atoms with E-state index in [1.807, 2.05) is 0 Å². The summed E-state index contributed by atoms with van der Waals surface area (Å²) >= 11 is 0. The number of ether oxygens (including phenoxy) is 1. The molecule has 0 amide bonds. The van der Waals surface area contributed by atoms with Crippen LogP contribution in [0.15, 0.2) is 35.4 Å². The summed E-state index contributed by atoms with van der Waals surface area (Å²) in [7, 11) is -2.19. The van der Waals surface area contributed by atoms with E-state index in [1.54, 1.807) is 18.2 Å². The maximum Gasteiger partial charge on any atom is 0.343 e. The van der Waals surface area contributed by atoms with Gasteiger partial charge in [0.25, 0.3) is 0 Å². The lowest BCUT2D eigenvalue weighted by atomic mass is 10.2. The van der Waals surface area contributed by atoms with Crippen LogP contribution < -0.4 is 10.6 Å². The van der Waals surface area contributed by atoms with Crippen LogP contribution in [-0.4, -0.2) is 44.3 Å². The Bertz CT molecular complexity index is 926. The maximum atomic E-state index is 12.0. The molecule has 1 fully saturated rings. The molecule has 138 valence electrons. The smallest absolute Gasteiger partial charge is 0.343 e. The Balaban J connectivity index is 1.96. The molecule has 9 heteroatoms. The van der Waals surface area contributed by atoms with E-state index in [4.69, 9.17) is 4.74 Å². The van der Waals surface area contributed by atoms with Crippen LogP contribution >= 0.6 is 0 Å². The number of hydrogen-bond donors (Lipinski definition) is 2. The minimum Gasteiger partial charge on any atom is -0.465 e. The number of para-hydroxylation sites is 1. The molecule has 2 aromatic rings. The summed E-state index contributed by atoms with van der Waals surface area (Å²) in [6.07, 6.45) is 4.84. The maximum absolute atomic E-state index is 12.0. The molecule has 3 rings (SSSR count). The van der Waals surface area contributed by atoms with Crippen molar-refractivity contribution >= 4 is 33.3 Å². The second kappa shape index (κ2) is 7.28. The number of carbonyl (C=O) groups excluding carboxylic acids is 1. The normalized spacial score (nSPS) is 13.9. The van der Waals surface area contributed by atoms with Crippen LogP contribution in [0.3, 0.4) is 0 Å². The van der Waals surface area contributed by atoms with Crippen LogP contribution in [0.5, 0.6) is 0 Å². The molecule has 0 atom stereocenters. The van der Waals surface area contributed by atoms with Gasteiger partial charge < -0.3 is 15.4 Å². The molecule has 0 saturated heterocycles. The Morgan fingerprint density at radius 1 is 1.31 bits per heavy atom. The molecule has 0 bridgehead atoms. The number of methoxy groups -OCH3 is 1. The van der Waals surface area contributed by atoms with Gasteiger partial charge in [-0.25, -0.2) is 18.2 Å². The van der Waals surface area contributed by atoms with Gasteiger partial charge in [0, 0.05) is 19.0 Å². The molecule has 1 aromatic heterocycles. The standard InChI is InChI=1S/C17H20N4O4S/c1-25-16(22)12-10-19-17(18-9-11-7-8-11)21-15(12)20-13-5-3-4-6-14(13)26(2,23)24/h3-6,10-11H,7-9H2,1-2H3,(H2,18,19,20,21). The first kappa shape index (κ1) is 18.1. The fourth-order valence-corrected chi connectivity index (χ4v) is 3.24. The number of anilines is 3. The van der Waals surface area contributed by atoms with Crippen molar-refractivity contribution < 1.29 is 17.9 Å². The predicted octanol–water partition coefficient (Wildman–Crippen LogP) is 2.23. The Labute approximate surface area is 151 Å². The Hall–Kier alpha value is -2.68. The number of esters is 1. The summed E-state index contributed by atoms with van der Waals surface area (Å²) in [4.78, 5) is 20.6. The zero-order chi connectivity index (χ0) is 18.7. The van der Waals surface area contributed by atoms with E-state index in [2.05, 4.69) is 20.6 Å². The van der Waals surface area contributed by atoms with E-state index in [9.17, 15) is 13.2 Å². The van der Waals surface area contributed by atoms with E-state index in [0.717, 1.165) is 12.8 Å². The second-order valence-corrected chi connectivity index (χ2v) is 8.15.